The van der Waals surface area contributed by atoms with Crippen molar-refractivity contribution in [2.75, 3.05) is 29.9 Å². The second kappa shape index (κ2) is 12.1. The van der Waals surface area contributed by atoms with Gasteiger partial charge in [0.05, 0.1) is 23.9 Å². The number of nitrogens with zero attached hydrogens (tertiary/aromatic N) is 4. The van der Waals surface area contributed by atoms with Gasteiger partial charge in [-0.1, -0.05) is 32.4 Å². The quantitative estimate of drug-likeness (QED) is 0.358. The Morgan fingerprint density at radius 2 is 1.89 bits per heavy atom. The Morgan fingerprint density at radius 3 is 2.53 bits per heavy atom. The van der Waals surface area contributed by atoms with E-state index >= 15 is 0 Å². The number of hydrogen-bond donors (Lipinski definition) is 1. The number of ether oxygens (including phenoxy) is 2. The van der Waals surface area contributed by atoms with Gasteiger partial charge < -0.3 is 24.3 Å². The minimum Gasteiger partial charge on any atom is -0.480 e. The summed E-state index contributed by atoms with van der Waals surface area (Å²) < 4.78 is 13.4. The Hall–Kier alpha value is -3.17. The fourth-order valence-corrected chi connectivity index (χ4v) is 4.69. The zero-order valence-electron chi connectivity index (χ0n) is 22.7. The van der Waals surface area contributed by atoms with Gasteiger partial charge in [-0.15, -0.1) is 0 Å². The van der Waals surface area contributed by atoms with Crippen LogP contribution in [0.5, 0.6) is 5.75 Å². The number of pyridine rings is 1. The average Bonchev–Trinajstić information content (AvgIpc) is 2.92. The molecule has 1 aliphatic rings. The summed E-state index contributed by atoms with van der Waals surface area (Å²) in [5.74, 6) is 1.17. The highest BCUT2D eigenvalue weighted by Crippen LogP contribution is 2.29. The number of rotatable bonds is 10. The number of anilines is 3. The van der Waals surface area contributed by atoms with E-state index in [-0.39, 0.29) is 41.9 Å². The summed E-state index contributed by atoms with van der Waals surface area (Å²) in [5, 5.41) is 4.50. The van der Waals surface area contributed by atoms with Crippen LogP contribution in [-0.2, 0) is 9.53 Å². The first-order valence-corrected chi connectivity index (χ1v) is 13.7. The van der Waals surface area contributed by atoms with E-state index < -0.39 is 0 Å². The molecular weight excluding hydrogens is 506 g/mol. The number of benzene rings is 1. The summed E-state index contributed by atoms with van der Waals surface area (Å²) >= 11 is 6.48. The second-order valence-corrected chi connectivity index (χ2v) is 10.2. The van der Waals surface area contributed by atoms with Gasteiger partial charge in [-0.3, -0.25) is 9.59 Å². The zero-order chi connectivity index (χ0) is 27.4. The molecule has 0 aliphatic carbocycles. The van der Waals surface area contributed by atoms with Gasteiger partial charge in [-0.25, -0.2) is 4.98 Å². The van der Waals surface area contributed by atoms with Crippen LogP contribution >= 0.6 is 11.6 Å². The molecule has 4 rings (SSSR count). The normalized spacial score (nSPS) is 17.7. The third-order valence-electron chi connectivity index (χ3n) is 6.72. The predicted octanol–water partition coefficient (Wildman–Crippen LogP) is 5.52. The summed E-state index contributed by atoms with van der Waals surface area (Å²) in [6, 6.07) is 7.27. The highest BCUT2D eigenvalue weighted by molar-refractivity contribution is 6.32. The Labute approximate surface area is 228 Å². The largest absolute Gasteiger partial charge is 0.480 e. The predicted molar refractivity (Wildman–Crippen MR) is 151 cm³/mol. The smallest absolute Gasteiger partial charge is 0.293 e. The van der Waals surface area contributed by atoms with Gasteiger partial charge in [0.15, 0.2) is 17.4 Å². The Balaban J connectivity index is 1.66. The summed E-state index contributed by atoms with van der Waals surface area (Å²) in [4.78, 5) is 36.3. The van der Waals surface area contributed by atoms with Crippen LogP contribution in [0.25, 0.3) is 10.9 Å². The molecule has 1 aliphatic heterocycles. The number of fused-ring (bicyclic) bond motifs is 1. The summed E-state index contributed by atoms with van der Waals surface area (Å²) in [6.45, 7) is 11.2. The first kappa shape index (κ1) is 27.9. The number of carbonyl (C=O) groups excluding carboxylic acids is 1. The van der Waals surface area contributed by atoms with Crippen molar-refractivity contribution in [2.24, 2.45) is 0 Å². The van der Waals surface area contributed by atoms with Crippen molar-refractivity contribution in [3.63, 3.8) is 0 Å². The molecule has 0 unspecified atom stereocenters. The number of halogens is 1. The van der Waals surface area contributed by atoms with E-state index in [0.717, 1.165) is 42.5 Å². The lowest BCUT2D eigenvalue weighted by atomic mass is 10.1. The minimum absolute atomic E-state index is 0.0685. The van der Waals surface area contributed by atoms with Crippen LogP contribution in [0.4, 0.5) is 17.5 Å². The maximum atomic E-state index is 13.1. The molecule has 204 valence electrons. The molecule has 38 heavy (non-hydrogen) atoms. The van der Waals surface area contributed by atoms with Crippen molar-refractivity contribution in [1.29, 1.82) is 0 Å². The summed E-state index contributed by atoms with van der Waals surface area (Å²) in [7, 11) is 0. The Morgan fingerprint density at radius 1 is 1.18 bits per heavy atom. The average molecular weight is 542 g/mol. The molecule has 1 fully saturated rings. The van der Waals surface area contributed by atoms with Crippen LogP contribution in [0.1, 0.15) is 59.9 Å². The van der Waals surface area contributed by atoms with Crippen LogP contribution < -0.4 is 20.5 Å². The lowest BCUT2D eigenvalue weighted by Crippen LogP contribution is -2.48. The summed E-state index contributed by atoms with van der Waals surface area (Å²) in [6.07, 6.45) is 4.06. The van der Waals surface area contributed by atoms with E-state index in [0.29, 0.717) is 23.2 Å². The SMILES string of the molecule is CCC(=O)COc1cc2cc(Nc3nc(N4C[C@@H](CC)O[C@@H](CC)C4)ncc3Cl)ccc2n(C(C)C)c1=O. The standard InChI is InChI=1S/C28H36ClN5O4/c1-6-20(35)16-37-25-12-18-11-19(9-10-24(18)34(17(4)5)27(25)36)31-26-23(29)13-30-28(32-26)33-14-21(7-2)38-22(8-3)15-33/h9-13,17,21-22H,6-8,14-16H2,1-5H3,(H,30,31,32)/t21-,22+. The molecule has 1 aromatic carbocycles. The van der Waals surface area contributed by atoms with Crippen LogP contribution in [0.2, 0.25) is 5.02 Å². The molecule has 2 atom stereocenters. The van der Waals surface area contributed by atoms with Gasteiger partial charge >= 0.3 is 0 Å². The molecule has 0 radical (unpaired) electrons. The Kier molecular flexibility index (Phi) is 8.89. The highest BCUT2D eigenvalue weighted by Gasteiger charge is 2.27. The van der Waals surface area contributed by atoms with E-state index in [1.54, 1.807) is 23.8 Å². The van der Waals surface area contributed by atoms with E-state index in [4.69, 9.17) is 26.1 Å². The minimum atomic E-state index is -0.262. The maximum absolute atomic E-state index is 13.1. The van der Waals surface area contributed by atoms with Crippen LogP contribution in [0, 0.1) is 0 Å². The van der Waals surface area contributed by atoms with Crippen LogP contribution in [-0.4, -0.2) is 52.2 Å². The van der Waals surface area contributed by atoms with Crippen molar-refractivity contribution >= 4 is 45.7 Å². The molecule has 10 heteroatoms. The number of ketones is 1. The van der Waals surface area contributed by atoms with Crippen LogP contribution in [0.3, 0.4) is 0 Å². The van der Waals surface area contributed by atoms with Crippen molar-refractivity contribution in [2.45, 2.75) is 72.1 Å². The van der Waals surface area contributed by atoms with Gasteiger partial charge in [-0.2, -0.15) is 4.98 Å². The molecule has 9 nitrogen and oxygen atoms in total. The molecule has 0 bridgehead atoms. The van der Waals surface area contributed by atoms with Gasteiger partial charge in [-0.05, 0) is 51.0 Å². The summed E-state index contributed by atoms with van der Waals surface area (Å²) in [5.41, 5.74) is 1.25. The van der Waals surface area contributed by atoms with Gasteiger partial charge in [0.25, 0.3) is 5.56 Å². The number of Topliss-reactive ketones (excluding diaryl/α,β-unsaturated/α-hetero) is 1. The van der Waals surface area contributed by atoms with Crippen molar-refractivity contribution in [3.8, 4) is 5.75 Å². The lowest BCUT2D eigenvalue weighted by Gasteiger charge is -2.37. The molecule has 1 saturated heterocycles. The van der Waals surface area contributed by atoms with E-state index in [2.05, 4.69) is 29.0 Å². The fourth-order valence-electron chi connectivity index (χ4n) is 4.55. The molecular formula is C28H36ClN5O4. The van der Waals surface area contributed by atoms with E-state index in [9.17, 15) is 9.59 Å². The lowest BCUT2D eigenvalue weighted by molar-refractivity contribution is -0.120. The van der Waals surface area contributed by atoms with Gasteiger partial charge in [0.2, 0.25) is 5.95 Å². The second-order valence-electron chi connectivity index (χ2n) is 9.83. The van der Waals surface area contributed by atoms with Crippen molar-refractivity contribution < 1.29 is 14.3 Å². The Bertz CT molecular complexity index is 1350. The van der Waals surface area contributed by atoms with E-state index in [1.165, 1.54) is 0 Å². The zero-order valence-corrected chi connectivity index (χ0v) is 23.4. The number of aromatic nitrogens is 3. The van der Waals surface area contributed by atoms with E-state index in [1.807, 2.05) is 32.0 Å². The molecule has 0 saturated carbocycles. The molecule has 2 aromatic heterocycles. The monoisotopic (exact) mass is 541 g/mol. The number of morpholine rings is 1. The molecule has 0 amide bonds. The first-order chi connectivity index (χ1) is 18.2. The third-order valence-corrected chi connectivity index (χ3v) is 7.00. The van der Waals surface area contributed by atoms with Crippen molar-refractivity contribution in [3.05, 3.63) is 45.8 Å². The number of hydrogen-bond acceptors (Lipinski definition) is 8. The fraction of sp³-hybridized carbons (Fsp3) is 0.500. The maximum Gasteiger partial charge on any atom is 0.293 e. The molecule has 3 aromatic rings. The van der Waals surface area contributed by atoms with Crippen LogP contribution in [0.15, 0.2) is 35.3 Å². The van der Waals surface area contributed by atoms with Crippen molar-refractivity contribution in [1.82, 2.24) is 14.5 Å². The van der Waals surface area contributed by atoms with Gasteiger partial charge in [0, 0.05) is 36.6 Å². The number of nitrogens with one attached hydrogen (secondary N) is 1. The number of carbonyl (C=O) groups is 1. The van der Waals surface area contributed by atoms with Gasteiger partial charge in [0.1, 0.15) is 11.6 Å². The first-order valence-electron chi connectivity index (χ1n) is 13.3. The topological polar surface area (TPSA) is 98.6 Å². The molecule has 1 N–H and O–H groups in total. The highest BCUT2D eigenvalue weighted by atomic mass is 35.5. The molecule has 0 spiro atoms. The molecule has 3 heterocycles. The third kappa shape index (κ3) is 6.10.